The second-order valence-corrected chi connectivity index (χ2v) is 4.68. The van der Waals surface area contributed by atoms with Gasteiger partial charge in [0, 0.05) is 13.1 Å². The SMILES string of the molecule is CN1CCC(Cn2nnc3ccccc32)C1. The van der Waals surface area contributed by atoms with Crippen LogP contribution in [0.1, 0.15) is 6.42 Å². The third-order valence-electron chi connectivity index (χ3n) is 3.34. The molecular weight excluding hydrogens is 200 g/mol. The van der Waals surface area contributed by atoms with E-state index in [1.165, 1.54) is 19.5 Å². The molecule has 0 bridgehead atoms. The van der Waals surface area contributed by atoms with Crippen molar-refractivity contribution in [3.8, 4) is 0 Å². The average molecular weight is 216 g/mol. The first kappa shape index (κ1) is 9.78. The van der Waals surface area contributed by atoms with Gasteiger partial charge in [0.1, 0.15) is 5.52 Å². The normalized spacial score (nSPS) is 21.9. The minimum Gasteiger partial charge on any atom is -0.306 e. The van der Waals surface area contributed by atoms with Gasteiger partial charge in [-0.25, -0.2) is 4.68 Å². The fourth-order valence-electron chi connectivity index (χ4n) is 2.47. The lowest BCUT2D eigenvalue weighted by Crippen LogP contribution is -2.17. The first-order chi connectivity index (χ1) is 7.83. The van der Waals surface area contributed by atoms with Gasteiger partial charge in [-0.1, -0.05) is 17.3 Å². The standard InChI is InChI=1S/C12H16N4/c1-15-7-6-10(8-15)9-16-12-5-3-2-4-11(12)13-14-16/h2-5,10H,6-9H2,1H3. The predicted octanol–water partition coefficient (Wildman–Crippen LogP) is 1.38. The van der Waals surface area contributed by atoms with Crippen molar-refractivity contribution in [2.24, 2.45) is 5.92 Å². The lowest BCUT2D eigenvalue weighted by Gasteiger charge is -2.10. The summed E-state index contributed by atoms with van der Waals surface area (Å²) in [6.45, 7) is 3.37. The fourth-order valence-corrected chi connectivity index (χ4v) is 2.47. The van der Waals surface area contributed by atoms with Crippen molar-refractivity contribution in [3.63, 3.8) is 0 Å². The van der Waals surface area contributed by atoms with Crippen LogP contribution in [0.3, 0.4) is 0 Å². The molecule has 2 aromatic rings. The number of aromatic nitrogens is 3. The summed E-state index contributed by atoms with van der Waals surface area (Å²) in [6.07, 6.45) is 1.27. The van der Waals surface area contributed by atoms with E-state index in [4.69, 9.17) is 0 Å². The third kappa shape index (κ3) is 1.69. The Morgan fingerprint density at radius 1 is 1.38 bits per heavy atom. The van der Waals surface area contributed by atoms with Crippen molar-refractivity contribution in [1.29, 1.82) is 0 Å². The molecule has 1 saturated heterocycles. The highest BCUT2D eigenvalue weighted by Gasteiger charge is 2.20. The zero-order valence-electron chi connectivity index (χ0n) is 9.50. The minimum absolute atomic E-state index is 0.718. The largest absolute Gasteiger partial charge is 0.306 e. The Morgan fingerprint density at radius 2 is 2.25 bits per heavy atom. The maximum atomic E-state index is 4.23. The molecule has 1 fully saturated rings. The van der Waals surface area contributed by atoms with Gasteiger partial charge in [-0.05, 0) is 38.1 Å². The molecule has 1 unspecified atom stereocenters. The minimum atomic E-state index is 0.718. The molecule has 3 rings (SSSR count). The van der Waals surface area contributed by atoms with Gasteiger partial charge in [-0.2, -0.15) is 0 Å². The summed E-state index contributed by atoms with van der Waals surface area (Å²) in [7, 11) is 2.18. The molecule has 0 spiro atoms. The Bertz CT molecular complexity index is 490. The maximum absolute atomic E-state index is 4.23. The van der Waals surface area contributed by atoms with Gasteiger partial charge >= 0.3 is 0 Å². The number of para-hydroxylation sites is 1. The Labute approximate surface area is 94.9 Å². The number of hydrogen-bond donors (Lipinski definition) is 0. The van der Waals surface area contributed by atoms with Crippen molar-refractivity contribution >= 4 is 11.0 Å². The Morgan fingerprint density at radius 3 is 3.06 bits per heavy atom. The smallest absolute Gasteiger partial charge is 0.113 e. The molecule has 1 aliphatic heterocycles. The molecule has 0 amide bonds. The van der Waals surface area contributed by atoms with E-state index >= 15 is 0 Å². The average Bonchev–Trinajstić information content (AvgIpc) is 2.87. The van der Waals surface area contributed by atoms with Crippen LogP contribution in [-0.4, -0.2) is 40.0 Å². The van der Waals surface area contributed by atoms with E-state index in [2.05, 4.69) is 28.3 Å². The van der Waals surface area contributed by atoms with Crippen LogP contribution in [0.4, 0.5) is 0 Å². The molecular formula is C12H16N4. The molecule has 1 aromatic carbocycles. The van der Waals surface area contributed by atoms with Gasteiger partial charge < -0.3 is 4.90 Å². The quantitative estimate of drug-likeness (QED) is 0.760. The molecule has 2 heterocycles. The van der Waals surface area contributed by atoms with E-state index in [0.29, 0.717) is 0 Å². The summed E-state index contributed by atoms with van der Waals surface area (Å²) >= 11 is 0. The number of hydrogen-bond acceptors (Lipinski definition) is 3. The van der Waals surface area contributed by atoms with Crippen LogP contribution in [0.15, 0.2) is 24.3 Å². The molecule has 0 radical (unpaired) electrons. The number of nitrogens with zero attached hydrogens (tertiary/aromatic N) is 4. The van der Waals surface area contributed by atoms with Gasteiger partial charge in [0.05, 0.1) is 5.52 Å². The predicted molar refractivity (Wildman–Crippen MR) is 63.1 cm³/mol. The summed E-state index contributed by atoms with van der Waals surface area (Å²) in [4.78, 5) is 2.38. The molecule has 1 atom stereocenters. The molecule has 4 nitrogen and oxygen atoms in total. The van der Waals surface area contributed by atoms with Crippen molar-refractivity contribution in [1.82, 2.24) is 19.9 Å². The van der Waals surface area contributed by atoms with Crippen LogP contribution in [0.25, 0.3) is 11.0 Å². The van der Waals surface area contributed by atoms with Crippen molar-refractivity contribution < 1.29 is 0 Å². The molecule has 1 aliphatic rings. The van der Waals surface area contributed by atoms with E-state index in [0.717, 1.165) is 23.5 Å². The van der Waals surface area contributed by atoms with E-state index in [-0.39, 0.29) is 0 Å². The number of likely N-dealkylation sites (tertiary alicyclic amines) is 1. The first-order valence-corrected chi connectivity index (χ1v) is 5.80. The lowest BCUT2D eigenvalue weighted by molar-refractivity contribution is 0.370. The summed E-state index contributed by atoms with van der Waals surface area (Å²) in [6, 6.07) is 8.15. The summed E-state index contributed by atoms with van der Waals surface area (Å²) in [5.74, 6) is 0.718. The number of benzene rings is 1. The van der Waals surface area contributed by atoms with Crippen LogP contribution in [0.5, 0.6) is 0 Å². The second kappa shape index (κ2) is 3.87. The van der Waals surface area contributed by atoms with Gasteiger partial charge in [0.25, 0.3) is 0 Å². The topological polar surface area (TPSA) is 34.0 Å². The van der Waals surface area contributed by atoms with Crippen LogP contribution in [-0.2, 0) is 6.54 Å². The molecule has 4 heteroatoms. The van der Waals surface area contributed by atoms with E-state index < -0.39 is 0 Å². The van der Waals surface area contributed by atoms with Crippen LogP contribution in [0, 0.1) is 5.92 Å². The Kier molecular flexibility index (Phi) is 2.36. The molecule has 1 aromatic heterocycles. The number of fused-ring (bicyclic) bond motifs is 1. The van der Waals surface area contributed by atoms with E-state index in [1.54, 1.807) is 0 Å². The van der Waals surface area contributed by atoms with E-state index in [1.807, 2.05) is 22.9 Å². The highest BCUT2D eigenvalue weighted by atomic mass is 15.4. The highest BCUT2D eigenvalue weighted by Crippen LogP contribution is 2.18. The van der Waals surface area contributed by atoms with Crippen molar-refractivity contribution in [2.75, 3.05) is 20.1 Å². The molecule has 84 valence electrons. The number of rotatable bonds is 2. The van der Waals surface area contributed by atoms with Gasteiger partial charge in [-0.15, -0.1) is 5.10 Å². The van der Waals surface area contributed by atoms with Crippen molar-refractivity contribution in [3.05, 3.63) is 24.3 Å². The summed E-state index contributed by atoms with van der Waals surface area (Å²) < 4.78 is 2.04. The van der Waals surface area contributed by atoms with Gasteiger partial charge in [-0.3, -0.25) is 0 Å². The van der Waals surface area contributed by atoms with Gasteiger partial charge in [0.15, 0.2) is 0 Å². The first-order valence-electron chi connectivity index (χ1n) is 5.80. The lowest BCUT2D eigenvalue weighted by atomic mass is 10.1. The third-order valence-corrected chi connectivity index (χ3v) is 3.34. The fraction of sp³-hybridized carbons (Fsp3) is 0.500. The monoisotopic (exact) mass is 216 g/mol. The zero-order valence-corrected chi connectivity index (χ0v) is 9.50. The zero-order chi connectivity index (χ0) is 11.0. The molecule has 0 saturated carbocycles. The van der Waals surface area contributed by atoms with Crippen LogP contribution < -0.4 is 0 Å². The van der Waals surface area contributed by atoms with Crippen molar-refractivity contribution in [2.45, 2.75) is 13.0 Å². The molecule has 0 aliphatic carbocycles. The molecule has 0 N–H and O–H groups in total. The highest BCUT2D eigenvalue weighted by molar-refractivity contribution is 5.73. The van der Waals surface area contributed by atoms with Crippen LogP contribution in [0.2, 0.25) is 0 Å². The maximum Gasteiger partial charge on any atom is 0.113 e. The Balaban J connectivity index is 1.84. The second-order valence-electron chi connectivity index (χ2n) is 4.68. The van der Waals surface area contributed by atoms with E-state index in [9.17, 15) is 0 Å². The summed E-state index contributed by atoms with van der Waals surface area (Å²) in [5, 5.41) is 8.41. The molecule has 16 heavy (non-hydrogen) atoms. The van der Waals surface area contributed by atoms with Gasteiger partial charge in [0.2, 0.25) is 0 Å². The summed E-state index contributed by atoms with van der Waals surface area (Å²) in [5.41, 5.74) is 2.14. The Hall–Kier alpha value is -1.42. The van der Waals surface area contributed by atoms with Crippen LogP contribution >= 0.6 is 0 Å².